The lowest BCUT2D eigenvalue weighted by Crippen LogP contribution is -2.41. The second-order valence-corrected chi connectivity index (χ2v) is 17.8. The standard InChI is InChI=1S/C42H86BN2O3PSi/c1-4-7-10-13-16-18-20-22-25-28-31-34-41(46)44-39(33-30-27-24-15-12-9-6-3)36-37-40(38-48-50(43)49)45-42(47)35-32-29-26-23-21-19-17-14-11-8-5-2/h39-40,50H,4-38,49H2,1-3H3,(H,44,46)(H,45,47)/t39?,40-,50?/m1/s1/i49T,50D/t39?,40-,49?,50?. The zero-order valence-corrected chi connectivity index (χ0v) is 35.7. The van der Waals surface area contributed by atoms with Gasteiger partial charge in [0.2, 0.25) is 11.8 Å². The Hall–Kier alpha value is -0.388. The highest BCUT2D eigenvalue weighted by atomic mass is 31.3. The summed E-state index contributed by atoms with van der Waals surface area (Å²) < 4.78 is 21.6. The number of hydrogen-bond acceptors (Lipinski definition) is 3. The van der Waals surface area contributed by atoms with Crippen LogP contribution in [0.15, 0.2) is 0 Å². The maximum Gasteiger partial charge on any atom is 0.220 e. The van der Waals surface area contributed by atoms with Gasteiger partial charge in [-0.3, -0.25) is 9.59 Å². The number of unbranched alkanes of at least 4 members (excludes halogenated alkanes) is 26. The van der Waals surface area contributed by atoms with Crippen molar-refractivity contribution in [3.8, 4) is 0 Å². The van der Waals surface area contributed by atoms with E-state index in [1.807, 2.05) is 0 Å². The summed E-state index contributed by atoms with van der Waals surface area (Å²) in [6.45, 7) is 6.94. The third kappa shape index (κ3) is 37.4. The van der Waals surface area contributed by atoms with E-state index in [0.29, 0.717) is 19.3 Å². The first-order chi connectivity index (χ1) is 25.3. The molecule has 0 saturated carbocycles. The van der Waals surface area contributed by atoms with Gasteiger partial charge in [-0.2, -0.15) is 0 Å². The smallest absolute Gasteiger partial charge is 0.220 e. The van der Waals surface area contributed by atoms with Crippen LogP contribution in [0.5, 0.6) is 0 Å². The monoisotopic (exact) mass is 740 g/mol. The van der Waals surface area contributed by atoms with Gasteiger partial charge >= 0.3 is 0 Å². The fraction of sp³-hybridized carbons (Fsp3) is 0.952. The predicted molar refractivity (Wildman–Crippen MR) is 226 cm³/mol. The average molecular weight is 740 g/mol. The first-order valence-corrected chi connectivity index (χ1v) is 25.0. The van der Waals surface area contributed by atoms with E-state index in [-0.39, 0.29) is 30.5 Å². The van der Waals surface area contributed by atoms with Crippen LogP contribution in [-0.4, -0.2) is 49.0 Å². The molecule has 50 heavy (non-hydrogen) atoms. The molecule has 0 aliphatic heterocycles. The summed E-state index contributed by atoms with van der Waals surface area (Å²) in [6.07, 6.45) is 39.8. The molecule has 0 spiro atoms. The molecule has 2 amide bonds. The van der Waals surface area contributed by atoms with Gasteiger partial charge in [-0.25, -0.2) is 0 Å². The zero-order chi connectivity index (χ0) is 38.4. The van der Waals surface area contributed by atoms with Gasteiger partial charge in [-0.05, 0) is 32.1 Å². The highest BCUT2D eigenvalue weighted by Crippen LogP contribution is 2.16. The summed E-state index contributed by atoms with van der Waals surface area (Å²) in [7, 11) is 2.20. The topological polar surface area (TPSA) is 67.4 Å². The highest BCUT2D eigenvalue weighted by Gasteiger charge is 2.18. The predicted octanol–water partition coefficient (Wildman–Crippen LogP) is 12.1. The Morgan fingerprint density at radius 3 is 1.26 bits per heavy atom. The van der Waals surface area contributed by atoms with Crippen molar-refractivity contribution in [3.05, 3.63) is 0 Å². The van der Waals surface area contributed by atoms with Crippen LogP contribution in [0.3, 0.4) is 0 Å². The summed E-state index contributed by atoms with van der Waals surface area (Å²) in [6, 6.07) is -0.201. The fourth-order valence-electron chi connectivity index (χ4n) is 6.93. The number of carbonyl (C=O) groups is 2. The van der Waals surface area contributed by atoms with Crippen molar-refractivity contribution < 1.29 is 14.0 Å². The molecule has 0 aliphatic carbocycles. The summed E-state index contributed by atoms with van der Waals surface area (Å²) >= 11 is 0. The van der Waals surface area contributed by atoms with Gasteiger partial charge in [0, 0.05) is 20.1 Å². The van der Waals surface area contributed by atoms with Crippen molar-refractivity contribution in [1.82, 2.24) is 10.6 Å². The van der Waals surface area contributed by atoms with Gasteiger partial charge in [-0.15, -0.1) is 8.73 Å². The van der Waals surface area contributed by atoms with E-state index >= 15 is 0 Å². The molecule has 0 heterocycles. The van der Waals surface area contributed by atoms with Crippen LogP contribution in [0.2, 0.25) is 0 Å². The zero-order valence-electron chi connectivity index (χ0n) is 35.7. The maximum absolute atomic E-state index is 13.1. The van der Waals surface area contributed by atoms with Crippen LogP contribution in [0.25, 0.3) is 0 Å². The molecule has 4 atom stereocenters. The molecule has 0 aromatic rings. The number of nitrogens with one attached hydrogen (secondary N) is 2. The van der Waals surface area contributed by atoms with E-state index in [1.165, 1.54) is 154 Å². The van der Waals surface area contributed by atoms with Crippen molar-refractivity contribution in [3.63, 3.8) is 0 Å². The van der Waals surface area contributed by atoms with Crippen molar-refractivity contribution in [1.29, 1.82) is 2.51 Å². The molecule has 0 bridgehead atoms. The first-order valence-electron chi connectivity index (χ1n) is 23.0. The fourth-order valence-corrected chi connectivity index (χ4v) is 7.56. The molecule has 0 saturated heterocycles. The Morgan fingerprint density at radius 2 is 0.880 bits per heavy atom. The Bertz CT molecular complexity index is 802. The maximum atomic E-state index is 13.1. The molecule has 8 heteroatoms. The Balaban J connectivity index is 4.81. The number of rotatable bonds is 41. The van der Waals surface area contributed by atoms with Crippen molar-refractivity contribution >= 4 is 36.5 Å². The molecule has 3 unspecified atom stereocenters. The van der Waals surface area contributed by atoms with E-state index in [9.17, 15) is 9.59 Å². The van der Waals surface area contributed by atoms with Gasteiger partial charge in [-0.1, -0.05) is 194 Å². The molecule has 0 aromatic heterocycles. The van der Waals surface area contributed by atoms with Crippen LogP contribution in [-0.2, 0) is 14.0 Å². The van der Waals surface area contributed by atoms with Gasteiger partial charge in [0.05, 0.1) is 21.4 Å². The number of hydrogen-bond donors (Lipinski definition) is 2. The minimum absolute atomic E-state index is 0.0243. The van der Waals surface area contributed by atoms with E-state index in [4.69, 9.17) is 14.4 Å². The summed E-state index contributed by atoms with van der Waals surface area (Å²) in [5.41, 5.74) is 0. The van der Waals surface area contributed by atoms with Crippen LogP contribution in [0, 0.1) is 0 Å². The highest BCUT2D eigenvalue weighted by molar-refractivity contribution is 7.70. The van der Waals surface area contributed by atoms with Crippen LogP contribution >= 0.6 is 8.73 Å². The van der Waals surface area contributed by atoms with Gasteiger partial charge in [0.25, 0.3) is 0 Å². The van der Waals surface area contributed by atoms with Crippen LogP contribution in [0.1, 0.15) is 239 Å². The summed E-state index contributed by atoms with van der Waals surface area (Å²) in [4.78, 5) is 26.1. The molecular weight excluding hydrogens is 650 g/mol. The molecule has 2 radical (unpaired) electrons. The van der Waals surface area contributed by atoms with Gasteiger partial charge in [0.1, 0.15) is 8.51 Å². The molecule has 0 aromatic carbocycles. The third-order valence-corrected chi connectivity index (χ3v) is 11.1. The SMILES string of the molecule is [2H][Si]([B])(OC[C@@H](CCC(CCCCCCCCC)NC(=O)CCCCCCCCCCCCC)NC(=O)CCCCCCCCCCCCC)P[3H]. The molecule has 2 N–H and O–H groups in total. The third-order valence-electron chi connectivity index (χ3n) is 10.2. The van der Waals surface area contributed by atoms with Crippen LogP contribution in [0.4, 0.5) is 0 Å². The summed E-state index contributed by atoms with van der Waals surface area (Å²) in [5.74, 6) is 0.170. The number of amides is 2. The van der Waals surface area contributed by atoms with Crippen LogP contribution < -0.4 is 10.6 Å². The Labute approximate surface area is 320 Å². The lowest BCUT2D eigenvalue weighted by molar-refractivity contribution is -0.123. The molecule has 294 valence electrons. The minimum Gasteiger partial charge on any atom is -0.423 e. The first kappa shape index (κ1) is 45.8. The van der Waals surface area contributed by atoms with Crippen molar-refractivity contribution in [2.45, 2.75) is 251 Å². The lowest BCUT2D eigenvalue weighted by Gasteiger charge is -2.24. The normalized spacial score (nSPS) is 14.7. The Kier molecular flexibility index (Phi) is 36.4. The van der Waals surface area contributed by atoms with Gasteiger partial charge < -0.3 is 15.1 Å². The van der Waals surface area contributed by atoms with E-state index in [2.05, 4.69) is 31.4 Å². The molecular formula is C42H86BN2O3PSi. The van der Waals surface area contributed by atoms with Crippen molar-refractivity contribution in [2.75, 3.05) is 6.61 Å². The van der Waals surface area contributed by atoms with Crippen molar-refractivity contribution in [2.24, 2.45) is 0 Å². The lowest BCUT2D eigenvalue weighted by atomic mass is 9.99. The Morgan fingerprint density at radius 1 is 0.560 bits per heavy atom. The van der Waals surface area contributed by atoms with E-state index < -0.39 is 17.2 Å². The molecule has 5 nitrogen and oxygen atoms in total. The second-order valence-electron chi connectivity index (χ2n) is 15.3. The largest absolute Gasteiger partial charge is 0.423 e. The molecule has 0 fully saturated rings. The average Bonchev–Trinajstić information content (AvgIpc) is 3.13. The minimum atomic E-state index is -3.28. The molecule has 0 aliphatic rings. The summed E-state index contributed by atoms with van der Waals surface area (Å²) in [5, 5.41) is 6.53. The quantitative estimate of drug-likeness (QED) is 0.0373. The van der Waals surface area contributed by atoms with Gasteiger partial charge in [0.15, 0.2) is 0 Å². The van der Waals surface area contributed by atoms with E-state index in [1.54, 1.807) is 0 Å². The second kappa shape index (κ2) is 39.8. The number of carbonyl (C=O) groups excluding carboxylic acids is 2. The molecule has 0 rings (SSSR count). The van der Waals surface area contributed by atoms with E-state index in [0.717, 1.165) is 44.9 Å².